The van der Waals surface area contributed by atoms with Gasteiger partial charge in [-0.15, -0.1) is 0 Å². The summed E-state index contributed by atoms with van der Waals surface area (Å²) in [6.45, 7) is 0.100. The van der Waals surface area contributed by atoms with Gasteiger partial charge >= 0.3 is 6.18 Å². The number of hydrogen-bond acceptors (Lipinski definition) is 4. The summed E-state index contributed by atoms with van der Waals surface area (Å²) in [6, 6.07) is 10.1. The lowest BCUT2D eigenvalue weighted by atomic mass is 10.1. The van der Waals surface area contributed by atoms with Gasteiger partial charge in [-0.25, -0.2) is 18.5 Å². The summed E-state index contributed by atoms with van der Waals surface area (Å²) in [5.41, 5.74) is 0.364. The van der Waals surface area contributed by atoms with Crippen molar-refractivity contribution in [2.75, 3.05) is 11.9 Å². The number of nitrogens with zero attached hydrogens (tertiary/aromatic N) is 3. The molecule has 0 radical (unpaired) electrons. The van der Waals surface area contributed by atoms with Crippen LogP contribution in [0.1, 0.15) is 11.4 Å². The molecule has 0 bridgehead atoms. The molecule has 0 aliphatic carbocycles. The van der Waals surface area contributed by atoms with Crippen molar-refractivity contribution in [1.29, 1.82) is 0 Å². The van der Waals surface area contributed by atoms with Gasteiger partial charge in [-0.3, -0.25) is 0 Å². The molecule has 0 amide bonds. The second kappa shape index (κ2) is 6.54. The van der Waals surface area contributed by atoms with Crippen LogP contribution in [0, 0.1) is 0 Å². The first kappa shape index (κ1) is 19.2. The van der Waals surface area contributed by atoms with Crippen LogP contribution in [0.4, 0.5) is 18.9 Å². The van der Waals surface area contributed by atoms with Gasteiger partial charge in [0.25, 0.3) is 0 Å². The molecule has 1 heterocycles. The van der Waals surface area contributed by atoms with Crippen LogP contribution in [-0.4, -0.2) is 25.0 Å². The Morgan fingerprint density at radius 2 is 1.85 bits per heavy atom. The molecule has 1 aromatic heterocycles. The second-order valence-corrected chi connectivity index (χ2v) is 7.71. The number of anilines is 1. The monoisotopic (exact) mass is 398 g/mol. The normalized spacial score (nSPS) is 12.5. The Balaban J connectivity index is 2.03. The Morgan fingerprint density at radius 1 is 1.19 bits per heavy atom. The van der Waals surface area contributed by atoms with E-state index < -0.39 is 26.7 Å². The van der Waals surface area contributed by atoms with E-state index in [1.54, 1.807) is 11.6 Å². The first-order valence-electron chi connectivity index (χ1n) is 7.84. The first-order chi connectivity index (χ1) is 12.5. The van der Waals surface area contributed by atoms with Crippen molar-refractivity contribution in [2.45, 2.75) is 17.6 Å². The van der Waals surface area contributed by atoms with Crippen LogP contribution in [0.2, 0.25) is 0 Å². The van der Waals surface area contributed by atoms with Gasteiger partial charge in [0.15, 0.2) is 0 Å². The summed E-state index contributed by atoms with van der Waals surface area (Å²) in [4.78, 5) is 5.23. The van der Waals surface area contributed by atoms with Crippen molar-refractivity contribution in [3.63, 3.8) is 0 Å². The minimum Gasteiger partial charge on any atom is -0.367 e. The minimum absolute atomic E-state index is 0.100. The Kier molecular flexibility index (Phi) is 4.64. The summed E-state index contributed by atoms with van der Waals surface area (Å²) < 4.78 is 65.1. The third-order valence-electron chi connectivity index (χ3n) is 4.27. The number of nitrogens with two attached hydrogens (primary N) is 1. The van der Waals surface area contributed by atoms with E-state index in [2.05, 4.69) is 4.98 Å². The van der Waals surface area contributed by atoms with Gasteiger partial charge < -0.3 is 9.47 Å². The van der Waals surface area contributed by atoms with Crippen LogP contribution in [0.25, 0.3) is 11.0 Å². The van der Waals surface area contributed by atoms with Crippen LogP contribution >= 0.6 is 0 Å². The largest absolute Gasteiger partial charge is 0.418 e. The number of aromatic nitrogens is 2. The highest BCUT2D eigenvalue weighted by atomic mass is 32.2. The summed E-state index contributed by atoms with van der Waals surface area (Å²) in [5, 5.41) is 4.96. The fraction of sp³-hybridized carbons (Fsp3) is 0.235. The number of fused-ring (bicyclic) bond motifs is 1. The lowest BCUT2D eigenvalue weighted by Crippen LogP contribution is -2.23. The van der Waals surface area contributed by atoms with Gasteiger partial charge in [-0.05, 0) is 30.3 Å². The molecule has 0 saturated carbocycles. The number of aryl methyl sites for hydroxylation is 1. The Bertz CT molecular complexity index is 1110. The van der Waals surface area contributed by atoms with Gasteiger partial charge in [-0.2, -0.15) is 13.2 Å². The Labute approximate surface area is 154 Å². The van der Waals surface area contributed by atoms with Gasteiger partial charge in [0.2, 0.25) is 10.0 Å². The zero-order valence-electron chi connectivity index (χ0n) is 14.5. The standard InChI is InChI=1S/C17H17F3N4O2S/c1-23(10-16-22-13-5-3-4-6-15(13)24(16)2)14-8-7-11(27(21,25)26)9-12(14)17(18,19)20/h3-9H,10H2,1-2H3,(H2,21,25,26). The maximum absolute atomic E-state index is 13.5. The first-order valence-corrected chi connectivity index (χ1v) is 9.38. The van der Waals surface area contributed by atoms with E-state index in [9.17, 15) is 21.6 Å². The average Bonchev–Trinajstić information content (AvgIpc) is 2.89. The Hall–Kier alpha value is -2.59. The zero-order chi connectivity index (χ0) is 20.0. The quantitative estimate of drug-likeness (QED) is 0.733. The highest BCUT2D eigenvalue weighted by Crippen LogP contribution is 2.38. The third kappa shape index (κ3) is 3.76. The van der Waals surface area contributed by atoms with Crippen molar-refractivity contribution in [1.82, 2.24) is 9.55 Å². The third-order valence-corrected chi connectivity index (χ3v) is 5.18. The molecule has 10 heteroatoms. The maximum Gasteiger partial charge on any atom is 0.418 e. The van der Waals surface area contributed by atoms with Crippen LogP contribution in [-0.2, 0) is 29.8 Å². The molecule has 2 aromatic carbocycles. The predicted molar refractivity (Wildman–Crippen MR) is 95.6 cm³/mol. The van der Waals surface area contributed by atoms with Crippen molar-refractivity contribution >= 4 is 26.7 Å². The SMILES string of the molecule is CN(Cc1nc2ccccc2n1C)c1ccc(S(N)(=O)=O)cc1C(F)(F)F. The molecule has 0 saturated heterocycles. The number of benzene rings is 2. The molecule has 144 valence electrons. The molecular formula is C17H17F3N4O2S. The van der Waals surface area contributed by atoms with Crippen LogP contribution in [0.15, 0.2) is 47.4 Å². The molecule has 2 N–H and O–H groups in total. The molecule has 27 heavy (non-hydrogen) atoms. The average molecular weight is 398 g/mol. The number of rotatable bonds is 4. The van der Waals surface area contributed by atoms with Gasteiger partial charge in [0.05, 0.1) is 28.0 Å². The van der Waals surface area contributed by atoms with Gasteiger partial charge in [-0.1, -0.05) is 12.1 Å². The fourth-order valence-corrected chi connectivity index (χ4v) is 3.43. The number of primary sulfonamides is 1. The van der Waals surface area contributed by atoms with Gasteiger partial charge in [0.1, 0.15) is 5.82 Å². The topological polar surface area (TPSA) is 81.2 Å². The summed E-state index contributed by atoms with van der Waals surface area (Å²) in [7, 11) is -0.974. The predicted octanol–water partition coefficient (Wildman–Crippen LogP) is 2.88. The van der Waals surface area contributed by atoms with E-state index in [-0.39, 0.29) is 12.2 Å². The molecule has 0 aliphatic rings. The summed E-state index contributed by atoms with van der Waals surface area (Å²) in [6.07, 6.45) is -4.74. The number of imidazole rings is 1. The smallest absolute Gasteiger partial charge is 0.367 e. The van der Waals surface area contributed by atoms with Crippen LogP contribution in [0.3, 0.4) is 0 Å². The highest BCUT2D eigenvalue weighted by molar-refractivity contribution is 7.89. The highest BCUT2D eigenvalue weighted by Gasteiger charge is 2.35. The molecular weight excluding hydrogens is 381 g/mol. The number of hydrogen-bond donors (Lipinski definition) is 1. The van der Waals surface area contributed by atoms with Crippen molar-refractivity contribution in [3.05, 3.63) is 53.9 Å². The minimum atomic E-state index is -4.74. The van der Waals surface area contributed by atoms with E-state index in [4.69, 9.17) is 5.14 Å². The summed E-state index contributed by atoms with van der Waals surface area (Å²) in [5.74, 6) is 0.572. The zero-order valence-corrected chi connectivity index (χ0v) is 15.3. The Morgan fingerprint density at radius 3 is 2.44 bits per heavy atom. The van der Waals surface area contributed by atoms with Crippen LogP contribution in [0.5, 0.6) is 0 Å². The second-order valence-electron chi connectivity index (χ2n) is 6.15. The van der Waals surface area contributed by atoms with E-state index in [1.165, 1.54) is 11.9 Å². The molecule has 0 atom stereocenters. The number of sulfonamides is 1. The molecule has 0 fully saturated rings. The lowest BCUT2D eigenvalue weighted by molar-refractivity contribution is -0.137. The molecule has 0 spiro atoms. The number of para-hydroxylation sites is 2. The maximum atomic E-state index is 13.5. The molecule has 0 aliphatic heterocycles. The van der Waals surface area contributed by atoms with Crippen LogP contribution < -0.4 is 10.0 Å². The number of alkyl halides is 3. The fourth-order valence-electron chi connectivity index (χ4n) is 2.89. The molecule has 3 rings (SSSR count). The van der Waals surface area contributed by atoms with E-state index in [0.29, 0.717) is 11.9 Å². The van der Waals surface area contributed by atoms with E-state index in [0.717, 1.165) is 23.2 Å². The molecule has 3 aromatic rings. The molecule has 0 unspecified atom stereocenters. The van der Waals surface area contributed by atoms with Gasteiger partial charge in [0, 0.05) is 19.8 Å². The van der Waals surface area contributed by atoms with Crippen molar-refractivity contribution in [3.8, 4) is 0 Å². The molecule has 6 nitrogen and oxygen atoms in total. The van der Waals surface area contributed by atoms with E-state index >= 15 is 0 Å². The van der Waals surface area contributed by atoms with Crippen molar-refractivity contribution < 1.29 is 21.6 Å². The number of halogens is 3. The van der Waals surface area contributed by atoms with Crippen molar-refractivity contribution in [2.24, 2.45) is 12.2 Å². The summed E-state index contributed by atoms with van der Waals surface area (Å²) >= 11 is 0. The lowest BCUT2D eigenvalue weighted by Gasteiger charge is -2.23. The van der Waals surface area contributed by atoms with E-state index in [1.807, 2.05) is 24.3 Å².